The summed E-state index contributed by atoms with van der Waals surface area (Å²) in [6.45, 7) is 0. The van der Waals surface area contributed by atoms with Gasteiger partial charge in [-0.1, -0.05) is 43.9 Å². The van der Waals surface area contributed by atoms with Crippen LogP contribution in [0.5, 0.6) is 0 Å². The Kier molecular flexibility index (Phi) is 3.95. The zero-order valence-electron chi connectivity index (χ0n) is 12.3. The van der Waals surface area contributed by atoms with Crippen LogP contribution in [0.2, 0.25) is 0 Å². The van der Waals surface area contributed by atoms with Crippen LogP contribution < -0.4 is 5.32 Å². The van der Waals surface area contributed by atoms with Crippen LogP contribution in [0.4, 0.5) is 5.69 Å². The highest BCUT2D eigenvalue weighted by Gasteiger charge is 2.31. The summed E-state index contributed by atoms with van der Waals surface area (Å²) < 4.78 is 0. The van der Waals surface area contributed by atoms with Gasteiger partial charge in [0.2, 0.25) is 5.91 Å². The van der Waals surface area contributed by atoms with Crippen LogP contribution in [0.25, 0.3) is 0 Å². The molecule has 1 heterocycles. The quantitative estimate of drug-likeness (QED) is 0.839. The summed E-state index contributed by atoms with van der Waals surface area (Å²) in [6, 6.07) is 8.61. The number of amides is 1. The Morgan fingerprint density at radius 2 is 1.85 bits per heavy atom. The molecule has 0 aromatic heterocycles. The third-order valence-corrected chi connectivity index (χ3v) is 4.79. The number of para-hydroxylation sites is 1. The van der Waals surface area contributed by atoms with Crippen molar-refractivity contribution in [3.63, 3.8) is 0 Å². The Hall–Kier alpha value is -1.51. The van der Waals surface area contributed by atoms with Crippen LogP contribution in [0.1, 0.15) is 44.1 Å². The zero-order chi connectivity index (χ0) is 13.9. The van der Waals surface area contributed by atoms with Crippen LogP contribution in [0.3, 0.4) is 0 Å². The van der Waals surface area contributed by atoms with Gasteiger partial charge in [0.25, 0.3) is 0 Å². The first kappa shape index (κ1) is 13.5. The van der Waals surface area contributed by atoms with Crippen LogP contribution in [-0.4, -0.2) is 29.9 Å². The molecule has 0 spiro atoms. The molecule has 1 unspecified atom stereocenters. The Balaban J connectivity index is 1.64. The summed E-state index contributed by atoms with van der Waals surface area (Å²) in [7, 11) is 1.99. The lowest BCUT2D eigenvalue weighted by Crippen LogP contribution is -2.45. The van der Waals surface area contributed by atoms with Crippen molar-refractivity contribution in [2.75, 3.05) is 12.4 Å². The Morgan fingerprint density at radius 3 is 2.55 bits per heavy atom. The van der Waals surface area contributed by atoms with E-state index in [1.165, 1.54) is 44.1 Å². The molecule has 20 heavy (non-hydrogen) atoms. The third-order valence-electron chi connectivity index (χ3n) is 4.79. The second kappa shape index (κ2) is 5.86. The molecule has 0 saturated heterocycles. The number of carbonyl (C=O) groups excluding carboxylic acids is 1. The number of hydrogen-bond acceptors (Lipinski definition) is 2. The normalized spacial score (nSPS) is 22.8. The van der Waals surface area contributed by atoms with E-state index in [4.69, 9.17) is 0 Å². The largest absolute Gasteiger partial charge is 0.373 e. The second-order valence-corrected chi connectivity index (χ2v) is 6.15. The first-order valence-electron chi connectivity index (χ1n) is 7.87. The monoisotopic (exact) mass is 272 g/mol. The van der Waals surface area contributed by atoms with Crippen LogP contribution >= 0.6 is 0 Å². The number of fused-ring (bicyclic) bond motifs is 1. The van der Waals surface area contributed by atoms with Crippen molar-refractivity contribution in [2.24, 2.45) is 0 Å². The van der Waals surface area contributed by atoms with Crippen molar-refractivity contribution in [3.8, 4) is 0 Å². The summed E-state index contributed by atoms with van der Waals surface area (Å²) in [5.74, 6) is 0.257. The van der Waals surface area contributed by atoms with Gasteiger partial charge in [0.15, 0.2) is 0 Å². The highest BCUT2D eigenvalue weighted by Crippen LogP contribution is 2.27. The van der Waals surface area contributed by atoms with E-state index in [0.717, 1.165) is 12.1 Å². The molecule has 1 aliphatic carbocycles. The SMILES string of the molecule is CN(C(=O)C1Cc2ccccc2N1)C1CCCCCC1. The predicted molar refractivity (Wildman–Crippen MR) is 81.8 cm³/mol. The van der Waals surface area contributed by atoms with Gasteiger partial charge >= 0.3 is 0 Å². The molecule has 1 atom stereocenters. The fourth-order valence-electron chi connectivity index (χ4n) is 3.52. The fourth-order valence-corrected chi connectivity index (χ4v) is 3.52. The van der Waals surface area contributed by atoms with E-state index in [-0.39, 0.29) is 11.9 Å². The summed E-state index contributed by atoms with van der Waals surface area (Å²) in [5, 5.41) is 3.38. The van der Waals surface area contributed by atoms with Crippen molar-refractivity contribution < 1.29 is 4.79 Å². The highest BCUT2D eigenvalue weighted by atomic mass is 16.2. The number of nitrogens with one attached hydrogen (secondary N) is 1. The molecule has 1 saturated carbocycles. The number of likely N-dealkylation sites (N-methyl/N-ethyl adjacent to an activating group) is 1. The van der Waals surface area contributed by atoms with Gasteiger partial charge in [0.05, 0.1) is 0 Å². The Bertz CT molecular complexity index is 453. The van der Waals surface area contributed by atoms with E-state index in [2.05, 4.69) is 17.4 Å². The number of anilines is 1. The van der Waals surface area contributed by atoms with E-state index < -0.39 is 0 Å². The molecule has 3 heteroatoms. The molecule has 1 aliphatic heterocycles. The number of hydrogen-bond donors (Lipinski definition) is 1. The van der Waals surface area contributed by atoms with E-state index in [1.807, 2.05) is 24.1 Å². The Morgan fingerprint density at radius 1 is 1.15 bits per heavy atom. The minimum absolute atomic E-state index is 0.0688. The number of benzene rings is 1. The average Bonchev–Trinajstić information content (AvgIpc) is 2.72. The lowest BCUT2D eigenvalue weighted by molar-refractivity contribution is -0.132. The van der Waals surface area contributed by atoms with Gasteiger partial charge in [-0.3, -0.25) is 4.79 Å². The first-order chi connectivity index (χ1) is 9.75. The highest BCUT2D eigenvalue weighted by molar-refractivity contribution is 5.87. The van der Waals surface area contributed by atoms with E-state index >= 15 is 0 Å². The summed E-state index contributed by atoms with van der Waals surface area (Å²) in [4.78, 5) is 14.7. The summed E-state index contributed by atoms with van der Waals surface area (Å²) in [6.07, 6.45) is 8.34. The van der Waals surface area contributed by atoms with Gasteiger partial charge in [0, 0.05) is 25.2 Å². The lowest BCUT2D eigenvalue weighted by Gasteiger charge is -2.29. The lowest BCUT2D eigenvalue weighted by atomic mass is 10.1. The molecular weight excluding hydrogens is 248 g/mol. The standard InChI is InChI=1S/C17H24N2O/c1-19(14-9-4-2-3-5-10-14)17(20)16-12-13-8-6-7-11-15(13)18-16/h6-8,11,14,16,18H,2-5,9-10,12H2,1H3. The predicted octanol–water partition coefficient (Wildman–Crippen LogP) is 3.20. The van der Waals surface area contributed by atoms with Crippen LogP contribution in [0.15, 0.2) is 24.3 Å². The molecule has 3 rings (SSSR count). The Labute approximate surface area is 121 Å². The van der Waals surface area contributed by atoms with Gasteiger partial charge in [-0.15, -0.1) is 0 Å². The number of carbonyl (C=O) groups is 1. The molecule has 1 amide bonds. The molecule has 1 fully saturated rings. The van der Waals surface area contributed by atoms with Crippen LogP contribution in [0, 0.1) is 0 Å². The topological polar surface area (TPSA) is 32.3 Å². The number of rotatable bonds is 2. The fraction of sp³-hybridized carbons (Fsp3) is 0.588. The van der Waals surface area contributed by atoms with Gasteiger partial charge in [-0.05, 0) is 24.5 Å². The summed E-state index contributed by atoms with van der Waals surface area (Å²) in [5.41, 5.74) is 2.39. The maximum absolute atomic E-state index is 12.7. The maximum Gasteiger partial charge on any atom is 0.245 e. The smallest absolute Gasteiger partial charge is 0.245 e. The molecular formula is C17H24N2O. The molecule has 1 N–H and O–H groups in total. The average molecular weight is 272 g/mol. The van der Waals surface area contributed by atoms with Gasteiger partial charge in [-0.2, -0.15) is 0 Å². The van der Waals surface area contributed by atoms with Gasteiger partial charge in [0.1, 0.15) is 6.04 Å². The van der Waals surface area contributed by atoms with Crippen molar-refractivity contribution >= 4 is 11.6 Å². The molecule has 3 nitrogen and oxygen atoms in total. The van der Waals surface area contributed by atoms with Crippen LogP contribution in [-0.2, 0) is 11.2 Å². The van der Waals surface area contributed by atoms with Crippen molar-refractivity contribution in [3.05, 3.63) is 29.8 Å². The minimum atomic E-state index is -0.0688. The van der Waals surface area contributed by atoms with E-state index in [1.54, 1.807) is 0 Å². The molecule has 0 radical (unpaired) electrons. The van der Waals surface area contributed by atoms with Gasteiger partial charge < -0.3 is 10.2 Å². The van der Waals surface area contributed by atoms with Gasteiger partial charge in [-0.25, -0.2) is 0 Å². The molecule has 2 aliphatic rings. The zero-order valence-corrected chi connectivity index (χ0v) is 12.3. The molecule has 0 bridgehead atoms. The number of nitrogens with zero attached hydrogens (tertiary/aromatic N) is 1. The van der Waals surface area contributed by atoms with E-state index in [9.17, 15) is 4.79 Å². The molecule has 1 aromatic carbocycles. The molecule has 108 valence electrons. The van der Waals surface area contributed by atoms with E-state index in [0.29, 0.717) is 6.04 Å². The maximum atomic E-state index is 12.7. The summed E-state index contributed by atoms with van der Waals surface area (Å²) >= 11 is 0. The second-order valence-electron chi connectivity index (χ2n) is 6.15. The van der Waals surface area contributed by atoms with Crippen molar-refractivity contribution in [1.82, 2.24) is 4.90 Å². The van der Waals surface area contributed by atoms with Crippen molar-refractivity contribution in [2.45, 2.75) is 57.0 Å². The third kappa shape index (κ3) is 2.67. The first-order valence-corrected chi connectivity index (χ1v) is 7.87. The molecule has 1 aromatic rings. The minimum Gasteiger partial charge on any atom is -0.373 e. The van der Waals surface area contributed by atoms with Crippen molar-refractivity contribution in [1.29, 1.82) is 0 Å².